The molecular formula is C23H22FN3O2. The van der Waals surface area contributed by atoms with Gasteiger partial charge in [-0.25, -0.2) is 4.39 Å². The van der Waals surface area contributed by atoms with Gasteiger partial charge >= 0.3 is 0 Å². The van der Waals surface area contributed by atoms with E-state index in [0.717, 1.165) is 11.3 Å². The average Bonchev–Trinajstić information content (AvgIpc) is 2.73. The molecule has 0 aliphatic heterocycles. The van der Waals surface area contributed by atoms with Gasteiger partial charge in [-0.2, -0.15) is 0 Å². The number of nitrogens with one attached hydrogen (secondary N) is 2. The highest BCUT2D eigenvalue weighted by Crippen LogP contribution is 2.19. The van der Waals surface area contributed by atoms with E-state index in [2.05, 4.69) is 5.32 Å². The van der Waals surface area contributed by atoms with Crippen molar-refractivity contribution in [1.29, 1.82) is 5.41 Å². The van der Waals surface area contributed by atoms with Gasteiger partial charge in [-0.3, -0.25) is 10.2 Å². The third kappa shape index (κ3) is 5.65. The third-order valence-corrected chi connectivity index (χ3v) is 4.33. The van der Waals surface area contributed by atoms with Crippen molar-refractivity contribution in [2.24, 2.45) is 0 Å². The van der Waals surface area contributed by atoms with Crippen molar-refractivity contribution in [2.45, 2.75) is 13.0 Å². The number of para-hydroxylation sites is 1. The predicted molar refractivity (Wildman–Crippen MR) is 112 cm³/mol. The van der Waals surface area contributed by atoms with Crippen molar-refractivity contribution >= 4 is 17.3 Å². The zero-order valence-corrected chi connectivity index (χ0v) is 15.8. The molecule has 0 bridgehead atoms. The van der Waals surface area contributed by atoms with Gasteiger partial charge in [0.05, 0.1) is 18.7 Å². The summed E-state index contributed by atoms with van der Waals surface area (Å²) in [6.07, 6.45) is 0.232. The first-order chi connectivity index (χ1) is 14.0. The van der Waals surface area contributed by atoms with Crippen molar-refractivity contribution in [2.75, 3.05) is 12.3 Å². The highest BCUT2D eigenvalue weighted by Gasteiger charge is 2.11. The number of nitrogen functional groups attached to an aromatic ring is 1. The third-order valence-electron chi connectivity index (χ3n) is 4.33. The maximum Gasteiger partial charge on any atom is 0.223 e. The summed E-state index contributed by atoms with van der Waals surface area (Å²) in [5.74, 6) is 0.172. The van der Waals surface area contributed by atoms with Crippen LogP contribution >= 0.6 is 0 Å². The molecule has 1 amide bonds. The number of carbonyl (C=O) groups excluding carboxylic acids is 1. The summed E-state index contributed by atoms with van der Waals surface area (Å²) in [6, 6.07) is 20.4. The summed E-state index contributed by atoms with van der Waals surface area (Å²) in [5.41, 5.74) is 8.29. The molecule has 0 spiro atoms. The van der Waals surface area contributed by atoms with Gasteiger partial charge in [0.1, 0.15) is 11.6 Å². The van der Waals surface area contributed by atoms with Crippen molar-refractivity contribution < 1.29 is 13.9 Å². The predicted octanol–water partition coefficient (Wildman–Crippen LogP) is 3.91. The van der Waals surface area contributed by atoms with Gasteiger partial charge in [-0.15, -0.1) is 0 Å². The number of halogens is 1. The van der Waals surface area contributed by atoms with Gasteiger partial charge in [0, 0.05) is 23.4 Å². The average molecular weight is 391 g/mol. The molecule has 29 heavy (non-hydrogen) atoms. The van der Waals surface area contributed by atoms with Crippen LogP contribution in [-0.2, 0) is 11.3 Å². The number of hydrogen-bond acceptors (Lipinski definition) is 4. The van der Waals surface area contributed by atoms with E-state index >= 15 is 0 Å². The molecule has 0 radical (unpaired) electrons. The molecule has 0 saturated heterocycles. The van der Waals surface area contributed by atoms with Crippen LogP contribution in [0.3, 0.4) is 0 Å². The summed E-state index contributed by atoms with van der Waals surface area (Å²) in [7, 11) is 0. The molecule has 4 N–H and O–H groups in total. The van der Waals surface area contributed by atoms with Crippen LogP contribution < -0.4 is 15.8 Å². The van der Waals surface area contributed by atoms with Crippen LogP contribution in [0.5, 0.6) is 5.75 Å². The SMILES string of the molecule is N=C(c1cccc(F)c1)c1cc(CNC(=O)CCOc2ccccc2)ccc1N. The van der Waals surface area contributed by atoms with Crippen LogP contribution in [0.25, 0.3) is 0 Å². The summed E-state index contributed by atoms with van der Waals surface area (Å²) in [5, 5.41) is 11.2. The zero-order chi connectivity index (χ0) is 20.6. The fourth-order valence-corrected chi connectivity index (χ4v) is 2.80. The number of benzene rings is 3. The monoisotopic (exact) mass is 391 g/mol. The first-order valence-corrected chi connectivity index (χ1v) is 9.21. The Morgan fingerprint density at radius 2 is 1.83 bits per heavy atom. The lowest BCUT2D eigenvalue weighted by atomic mass is 9.98. The topological polar surface area (TPSA) is 88.2 Å². The van der Waals surface area contributed by atoms with Crippen molar-refractivity contribution in [1.82, 2.24) is 5.32 Å². The van der Waals surface area contributed by atoms with Crippen molar-refractivity contribution in [3.8, 4) is 5.75 Å². The van der Waals surface area contributed by atoms with E-state index in [-0.39, 0.29) is 24.6 Å². The van der Waals surface area contributed by atoms with Gasteiger partial charge in [-0.1, -0.05) is 36.4 Å². The van der Waals surface area contributed by atoms with Crippen molar-refractivity contribution in [3.63, 3.8) is 0 Å². The highest BCUT2D eigenvalue weighted by molar-refractivity contribution is 6.13. The molecule has 0 aliphatic carbocycles. The number of amides is 1. The van der Waals surface area contributed by atoms with E-state index < -0.39 is 5.82 Å². The Morgan fingerprint density at radius 3 is 2.59 bits per heavy atom. The standard InChI is InChI=1S/C23H22FN3O2/c24-18-6-4-5-17(14-18)23(26)20-13-16(9-10-21(20)25)15-27-22(28)11-12-29-19-7-2-1-3-8-19/h1-10,13-14,26H,11-12,15,25H2,(H,27,28). The molecule has 3 aromatic rings. The molecule has 0 aliphatic rings. The zero-order valence-electron chi connectivity index (χ0n) is 15.8. The van der Waals surface area contributed by atoms with E-state index in [9.17, 15) is 9.18 Å². The Labute approximate surface area is 168 Å². The number of ether oxygens (including phenoxy) is 1. The number of hydrogen-bond donors (Lipinski definition) is 3. The number of rotatable bonds is 8. The minimum Gasteiger partial charge on any atom is -0.493 e. The maximum atomic E-state index is 13.5. The minimum atomic E-state index is -0.410. The Morgan fingerprint density at radius 1 is 1.03 bits per heavy atom. The van der Waals surface area contributed by atoms with Gasteiger partial charge in [0.2, 0.25) is 5.91 Å². The largest absolute Gasteiger partial charge is 0.493 e. The lowest BCUT2D eigenvalue weighted by molar-refractivity contribution is -0.121. The normalized spacial score (nSPS) is 10.4. The first kappa shape index (κ1) is 20.1. The van der Waals surface area contributed by atoms with Crippen LogP contribution in [0, 0.1) is 11.2 Å². The summed E-state index contributed by atoms with van der Waals surface area (Å²) in [6.45, 7) is 0.584. The van der Waals surface area contributed by atoms with Gasteiger partial charge in [-0.05, 0) is 42.0 Å². The molecule has 0 fully saturated rings. The Hall–Kier alpha value is -3.67. The molecule has 3 rings (SSSR count). The lowest BCUT2D eigenvalue weighted by Gasteiger charge is -2.12. The maximum absolute atomic E-state index is 13.5. The van der Waals surface area contributed by atoms with Crippen LogP contribution in [-0.4, -0.2) is 18.2 Å². The summed E-state index contributed by atoms with van der Waals surface area (Å²) in [4.78, 5) is 12.1. The summed E-state index contributed by atoms with van der Waals surface area (Å²) < 4.78 is 19.0. The van der Waals surface area contributed by atoms with Gasteiger partial charge in [0.15, 0.2) is 0 Å². The smallest absolute Gasteiger partial charge is 0.223 e. The number of anilines is 1. The lowest BCUT2D eigenvalue weighted by Crippen LogP contribution is -2.24. The van der Waals surface area contributed by atoms with E-state index in [4.69, 9.17) is 15.9 Å². The van der Waals surface area contributed by atoms with E-state index in [1.54, 1.807) is 30.3 Å². The molecular weight excluding hydrogens is 369 g/mol. The van der Waals surface area contributed by atoms with E-state index in [1.165, 1.54) is 12.1 Å². The molecule has 148 valence electrons. The molecule has 3 aromatic carbocycles. The second kappa shape index (κ2) is 9.50. The number of nitrogens with two attached hydrogens (primary N) is 1. The first-order valence-electron chi connectivity index (χ1n) is 9.21. The van der Waals surface area contributed by atoms with Gasteiger partial charge < -0.3 is 15.8 Å². The molecule has 0 unspecified atom stereocenters. The molecule has 6 heteroatoms. The van der Waals surface area contributed by atoms with E-state index in [0.29, 0.717) is 23.4 Å². The second-order valence-corrected chi connectivity index (χ2v) is 6.50. The summed E-state index contributed by atoms with van der Waals surface area (Å²) >= 11 is 0. The second-order valence-electron chi connectivity index (χ2n) is 6.50. The molecule has 0 aromatic heterocycles. The molecule has 5 nitrogen and oxygen atoms in total. The molecule has 0 saturated carbocycles. The fourth-order valence-electron chi connectivity index (χ4n) is 2.80. The van der Waals surface area contributed by atoms with Crippen molar-refractivity contribution in [3.05, 3.63) is 95.3 Å². The van der Waals surface area contributed by atoms with Crippen LogP contribution in [0.2, 0.25) is 0 Å². The Bertz CT molecular complexity index is 1010. The highest BCUT2D eigenvalue weighted by atomic mass is 19.1. The van der Waals surface area contributed by atoms with Gasteiger partial charge in [0.25, 0.3) is 0 Å². The van der Waals surface area contributed by atoms with Crippen LogP contribution in [0.15, 0.2) is 72.8 Å². The fraction of sp³-hybridized carbons (Fsp3) is 0.130. The van der Waals surface area contributed by atoms with E-state index in [1.807, 2.05) is 30.3 Å². The Kier molecular flexibility index (Phi) is 6.58. The Balaban J connectivity index is 1.56. The minimum absolute atomic E-state index is 0.131. The molecule has 0 atom stereocenters. The number of carbonyl (C=O) groups is 1. The van der Waals surface area contributed by atoms with Crippen LogP contribution in [0.1, 0.15) is 23.1 Å². The molecule has 0 heterocycles. The van der Waals surface area contributed by atoms with Crippen LogP contribution in [0.4, 0.5) is 10.1 Å². The quantitative estimate of drug-likeness (QED) is 0.402.